The molecule has 0 fully saturated rings. The van der Waals surface area contributed by atoms with Crippen LogP contribution in [0.5, 0.6) is 0 Å². The predicted molar refractivity (Wildman–Crippen MR) is 77.5 cm³/mol. The van der Waals surface area contributed by atoms with E-state index >= 15 is 0 Å². The van der Waals surface area contributed by atoms with E-state index in [1.54, 1.807) is 6.92 Å². The van der Waals surface area contributed by atoms with E-state index in [4.69, 9.17) is 5.11 Å². The van der Waals surface area contributed by atoms with Crippen LogP contribution >= 0.6 is 0 Å². The van der Waals surface area contributed by atoms with Gasteiger partial charge in [0.2, 0.25) is 0 Å². The minimum absolute atomic E-state index is 0.0614. The lowest BCUT2D eigenvalue weighted by Gasteiger charge is -2.22. The molecule has 0 aliphatic heterocycles. The number of nitro groups is 1. The first kappa shape index (κ1) is 15.9. The van der Waals surface area contributed by atoms with E-state index in [0.717, 1.165) is 19.0 Å². The average molecular weight is 280 g/mol. The van der Waals surface area contributed by atoms with Gasteiger partial charge in [0.25, 0.3) is 5.69 Å². The van der Waals surface area contributed by atoms with Crippen molar-refractivity contribution in [2.75, 3.05) is 18.5 Å². The molecule has 0 aromatic heterocycles. The summed E-state index contributed by atoms with van der Waals surface area (Å²) in [4.78, 5) is 23.4. The number of rotatable bonds is 6. The molecule has 0 aliphatic carbocycles. The van der Waals surface area contributed by atoms with Gasteiger partial charge in [-0.2, -0.15) is 0 Å². The molecule has 0 radical (unpaired) electrons. The van der Waals surface area contributed by atoms with Gasteiger partial charge in [0.1, 0.15) is 0 Å². The van der Waals surface area contributed by atoms with E-state index in [-0.39, 0.29) is 11.3 Å². The van der Waals surface area contributed by atoms with Gasteiger partial charge in [-0.25, -0.2) is 4.79 Å². The second-order valence-corrected chi connectivity index (χ2v) is 5.31. The van der Waals surface area contributed by atoms with Crippen LogP contribution in [0.25, 0.3) is 0 Å². The third-order valence-electron chi connectivity index (χ3n) is 3.25. The largest absolute Gasteiger partial charge is 0.478 e. The molecular weight excluding hydrogens is 260 g/mol. The first-order chi connectivity index (χ1) is 9.23. The van der Waals surface area contributed by atoms with Gasteiger partial charge < -0.3 is 10.0 Å². The maximum atomic E-state index is 11.1. The summed E-state index contributed by atoms with van der Waals surface area (Å²) in [5, 5.41) is 20.1. The molecule has 0 atom stereocenters. The van der Waals surface area contributed by atoms with Crippen LogP contribution in [0.4, 0.5) is 11.4 Å². The van der Waals surface area contributed by atoms with Crippen molar-refractivity contribution >= 4 is 17.3 Å². The smallest absolute Gasteiger partial charge is 0.336 e. The molecule has 6 heteroatoms. The Morgan fingerprint density at radius 1 is 1.45 bits per heavy atom. The third kappa shape index (κ3) is 3.69. The summed E-state index contributed by atoms with van der Waals surface area (Å²) in [6.07, 6.45) is 0.932. The Bertz CT molecular complexity index is 526. The summed E-state index contributed by atoms with van der Waals surface area (Å²) in [5.74, 6) is -0.651. The van der Waals surface area contributed by atoms with Crippen LogP contribution < -0.4 is 4.90 Å². The molecule has 6 nitrogen and oxygen atoms in total. The average Bonchev–Trinajstić information content (AvgIpc) is 2.35. The lowest BCUT2D eigenvalue weighted by molar-refractivity contribution is -0.385. The zero-order valence-electron chi connectivity index (χ0n) is 12.2. The lowest BCUT2D eigenvalue weighted by Crippen LogP contribution is -2.21. The highest BCUT2D eigenvalue weighted by Crippen LogP contribution is 2.30. The summed E-state index contributed by atoms with van der Waals surface area (Å²) in [7, 11) is 1.82. The number of hydrogen-bond acceptors (Lipinski definition) is 4. The SMILES string of the molecule is Cc1c(N(C)CCC(C)C)cc(C(=O)O)cc1[N+](=O)[O-]. The normalized spacial score (nSPS) is 10.7. The molecular formula is C14H20N2O4. The summed E-state index contributed by atoms with van der Waals surface area (Å²) in [6, 6.07) is 2.60. The minimum Gasteiger partial charge on any atom is -0.478 e. The molecule has 0 heterocycles. The summed E-state index contributed by atoms with van der Waals surface area (Å²) >= 11 is 0. The van der Waals surface area contributed by atoms with E-state index in [1.807, 2.05) is 11.9 Å². The molecule has 20 heavy (non-hydrogen) atoms. The molecule has 1 aromatic carbocycles. The second-order valence-electron chi connectivity index (χ2n) is 5.31. The highest BCUT2D eigenvalue weighted by molar-refractivity contribution is 5.90. The summed E-state index contributed by atoms with van der Waals surface area (Å²) < 4.78 is 0. The van der Waals surface area contributed by atoms with Crippen molar-refractivity contribution in [2.45, 2.75) is 27.2 Å². The number of anilines is 1. The molecule has 0 amide bonds. The van der Waals surface area contributed by atoms with Crippen LogP contribution in [0.2, 0.25) is 0 Å². The van der Waals surface area contributed by atoms with Crippen molar-refractivity contribution < 1.29 is 14.8 Å². The Kier molecular flexibility index (Phi) is 5.07. The van der Waals surface area contributed by atoms with Gasteiger partial charge in [-0.15, -0.1) is 0 Å². The monoisotopic (exact) mass is 280 g/mol. The van der Waals surface area contributed by atoms with Crippen molar-refractivity contribution in [1.29, 1.82) is 0 Å². The zero-order valence-corrected chi connectivity index (χ0v) is 12.2. The number of carbonyl (C=O) groups is 1. The third-order valence-corrected chi connectivity index (χ3v) is 3.25. The Hall–Kier alpha value is -2.11. The van der Waals surface area contributed by atoms with Crippen LogP contribution in [-0.4, -0.2) is 29.6 Å². The van der Waals surface area contributed by atoms with Crippen LogP contribution in [0.1, 0.15) is 36.2 Å². The number of carboxylic acid groups (broad SMARTS) is 1. The highest BCUT2D eigenvalue weighted by atomic mass is 16.6. The Balaban J connectivity index is 3.23. The maximum Gasteiger partial charge on any atom is 0.336 e. The predicted octanol–water partition coefficient (Wildman–Crippen LogP) is 3.08. The Morgan fingerprint density at radius 2 is 2.05 bits per heavy atom. The summed E-state index contributed by atoms with van der Waals surface area (Å²) in [5.41, 5.74) is 0.869. The van der Waals surface area contributed by atoms with Gasteiger partial charge in [0, 0.05) is 25.3 Å². The van der Waals surface area contributed by atoms with Gasteiger partial charge >= 0.3 is 5.97 Å². The molecule has 0 bridgehead atoms. The van der Waals surface area contributed by atoms with E-state index in [9.17, 15) is 14.9 Å². The van der Waals surface area contributed by atoms with Crippen LogP contribution in [0.15, 0.2) is 12.1 Å². The number of carboxylic acids is 1. The molecule has 0 unspecified atom stereocenters. The van der Waals surface area contributed by atoms with Crippen LogP contribution in [-0.2, 0) is 0 Å². The molecule has 1 rings (SSSR count). The number of benzene rings is 1. The standard InChI is InChI=1S/C14H20N2O4/c1-9(2)5-6-15(4)12-7-11(14(17)18)8-13(10(12)3)16(19)20/h7-9H,5-6H2,1-4H3,(H,17,18). The zero-order chi connectivity index (χ0) is 15.4. The van der Waals surface area contributed by atoms with E-state index < -0.39 is 10.9 Å². The van der Waals surface area contributed by atoms with Gasteiger partial charge in [-0.1, -0.05) is 13.8 Å². The first-order valence-electron chi connectivity index (χ1n) is 6.47. The molecule has 0 spiro atoms. The second kappa shape index (κ2) is 6.36. The topological polar surface area (TPSA) is 83.7 Å². The number of nitro benzene ring substituents is 1. The molecule has 0 saturated carbocycles. The van der Waals surface area contributed by atoms with Crippen LogP contribution in [0.3, 0.4) is 0 Å². The van der Waals surface area contributed by atoms with Gasteiger partial charge in [0.15, 0.2) is 0 Å². The minimum atomic E-state index is -1.16. The lowest BCUT2D eigenvalue weighted by atomic mass is 10.1. The Morgan fingerprint density at radius 3 is 2.50 bits per heavy atom. The number of hydrogen-bond donors (Lipinski definition) is 1. The summed E-state index contributed by atoms with van der Waals surface area (Å²) in [6.45, 7) is 6.55. The quantitative estimate of drug-likeness (QED) is 0.639. The Labute approximate surface area is 118 Å². The number of aromatic carboxylic acids is 1. The molecule has 0 aliphatic rings. The van der Waals surface area contributed by atoms with E-state index in [2.05, 4.69) is 13.8 Å². The van der Waals surface area contributed by atoms with Gasteiger partial charge in [0.05, 0.1) is 16.1 Å². The van der Waals surface area contributed by atoms with Crippen molar-refractivity contribution in [2.24, 2.45) is 5.92 Å². The highest BCUT2D eigenvalue weighted by Gasteiger charge is 2.20. The molecule has 110 valence electrons. The van der Waals surface area contributed by atoms with Gasteiger partial charge in [-0.05, 0) is 25.3 Å². The first-order valence-corrected chi connectivity index (χ1v) is 6.47. The fraction of sp³-hybridized carbons (Fsp3) is 0.500. The van der Waals surface area contributed by atoms with Crippen molar-refractivity contribution in [3.63, 3.8) is 0 Å². The number of nitrogens with zero attached hydrogens (tertiary/aromatic N) is 2. The van der Waals surface area contributed by atoms with E-state index in [1.165, 1.54) is 6.07 Å². The molecule has 1 aromatic rings. The molecule has 1 N–H and O–H groups in total. The van der Waals surface area contributed by atoms with Gasteiger partial charge in [-0.3, -0.25) is 10.1 Å². The van der Waals surface area contributed by atoms with Crippen molar-refractivity contribution in [3.05, 3.63) is 33.4 Å². The maximum absolute atomic E-state index is 11.1. The fourth-order valence-electron chi connectivity index (χ4n) is 1.97. The van der Waals surface area contributed by atoms with E-state index in [0.29, 0.717) is 17.2 Å². The molecule has 0 saturated heterocycles. The fourth-order valence-corrected chi connectivity index (χ4v) is 1.97. The van der Waals surface area contributed by atoms with Crippen molar-refractivity contribution in [1.82, 2.24) is 0 Å². The van der Waals surface area contributed by atoms with Crippen molar-refractivity contribution in [3.8, 4) is 0 Å². The van der Waals surface area contributed by atoms with Crippen LogP contribution in [0, 0.1) is 23.0 Å².